The number of carbonyl (C=O) groups excluding carboxylic acids is 1. The number of hydrogen-bond acceptors (Lipinski definition) is 5. The number of urea groups is 1. The zero-order valence-electron chi connectivity index (χ0n) is 19.8. The minimum Gasteiger partial charge on any atom is -0.393 e. The number of nitrogens with zero attached hydrogens (tertiary/aromatic N) is 3. The fourth-order valence-electron chi connectivity index (χ4n) is 5.10. The number of benzene rings is 2. The topological polar surface area (TPSA) is 79.3 Å². The van der Waals surface area contributed by atoms with E-state index in [-0.39, 0.29) is 24.3 Å². The smallest absolute Gasteiger partial charge is 0.340 e. The molecule has 3 atom stereocenters. The van der Waals surface area contributed by atoms with Gasteiger partial charge in [0, 0.05) is 36.3 Å². The molecule has 1 saturated heterocycles. The molecule has 3 unspecified atom stereocenters. The average Bonchev–Trinajstić information content (AvgIpc) is 3.09. The molecule has 2 aromatic rings. The van der Waals surface area contributed by atoms with Gasteiger partial charge in [-0.05, 0) is 57.9 Å². The van der Waals surface area contributed by atoms with Crippen molar-refractivity contribution in [3.63, 3.8) is 0 Å². The molecule has 2 aliphatic heterocycles. The van der Waals surface area contributed by atoms with Crippen molar-refractivity contribution in [1.29, 1.82) is 0 Å². The monoisotopic (exact) mass is 456 g/mol. The Balaban J connectivity index is 1.83. The Morgan fingerprint density at radius 3 is 2.52 bits per heavy atom. The van der Waals surface area contributed by atoms with Crippen LogP contribution in [0.5, 0.6) is 0 Å². The molecule has 0 saturated carbocycles. The van der Waals surface area contributed by atoms with Gasteiger partial charge in [0.1, 0.15) is 17.7 Å². The van der Waals surface area contributed by atoms with Gasteiger partial charge in [0.25, 0.3) is 0 Å². The van der Waals surface area contributed by atoms with Crippen molar-refractivity contribution in [3.05, 3.63) is 58.9 Å². The first-order chi connectivity index (χ1) is 15.6. The summed E-state index contributed by atoms with van der Waals surface area (Å²) in [5, 5.41) is 22.5. The molecule has 2 aliphatic rings. The Morgan fingerprint density at radius 2 is 1.94 bits per heavy atom. The van der Waals surface area contributed by atoms with Crippen LogP contribution in [0.4, 0.5) is 20.6 Å². The molecular formula is C25H33FN4O3. The van der Waals surface area contributed by atoms with Crippen LogP contribution in [0.25, 0.3) is 0 Å². The highest BCUT2D eigenvalue weighted by Crippen LogP contribution is 2.49. The third-order valence-corrected chi connectivity index (χ3v) is 7.01. The van der Waals surface area contributed by atoms with Gasteiger partial charge in [-0.15, -0.1) is 0 Å². The summed E-state index contributed by atoms with van der Waals surface area (Å²) in [7, 11) is 0. The van der Waals surface area contributed by atoms with Gasteiger partial charge < -0.3 is 20.0 Å². The number of fused-ring (bicyclic) bond motifs is 1. The number of carbonyl (C=O) groups is 1. The zero-order valence-corrected chi connectivity index (χ0v) is 19.8. The van der Waals surface area contributed by atoms with E-state index < -0.39 is 23.6 Å². The fourth-order valence-corrected chi connectivity index (χ4v) is 5.10. The van der Waals surface area contributed by atoms with Gasteiger partial charge in [0.05, 0.1) is 12.2 Å². The van der Waals surface area contributed by atoms with E-state index in [1.807, 2.05) is 31.2 Å². The van der Waals surface area contributed by atoms with Crippen LogP contribution in [0.2, 0.25) is 0 Å². The Kier molecular flexibility index (Phi) is 6.11. The maximum absolute atomic E-state index is 15.5. The van der Waals surface area contributed by atoms with Crippen molar-refractivity contribution < 1.29 is 19.4 Å². The average molecular weight is 457 g/mol. The van der Waals surface area contributed by atoms with E-state index in [4.69, 9.17) is 0 Å². The number of hydrazine groups is 1. The van der Waals surface area contributed by atoms with Crippen LogP contribution in [0, 0.1) is 12.7 Å². The zero-order chi connectivity index (χ0) is 24.1. The summed E-state index contributed by atoms with van der Waals surface area (Å²) >= 11 is 0. The number of aliphatic hydroxyl groups is 2. The largest absolute Gasteiger partial charge is 0.393 e. The second kappa shape index (κ2) is 8.59. The van der Waals surface area contributed by atoms with Crippen LogP contribution in [0.15, 0.2) is 36.4 Å². The van der Waals surface area contributed by atoms with Gasteiger partial charge in [-0.1, -0.05) is 24.3 Å². The Bertz CT molecular complexity index is 1060. The minimum atomic E-state index is -1.31. The van der Waals surface area contributed by atoms with Gasteiger partial charge in [-0.2, -0.15) is 0 Å². The van der Waals surface area contributed by atoms with Crippen molar-refractivity contribution in [2.45, 2.75) is 58.3 Å². The van der Waals surface area contributed by atoms with Gasteiger partial charge >= 0.3 is 6.03 Å². The molecule has 0 aliphatic carbocycles. The maximum Gasteiger partial charge on any atom is 0.340 e. The van der Waals surface area contributed by atoms with Gasteiger partial charge in [-0.3, -0.25) is 0 Å². The van der Waals surface area contributed by atoms with Crippen LogP contribution in [-0.4, -0.2) is 53.0 Å². The molecule has 178 valence electrons. The number of nitrogens with one attached hydrogen (secondary N) is 1. The second-order valence-electron chi connectivity index (χ2n) is 9.36. The molecule has 2 amide bonds. The highest BCUT2D eigenvalue weighted by molar-refractivity contribution is 5.94. The summed E-state index contributed by atoms with van der Waals surface area (Å²) in [6.07, 6.45) is -0.618. The molecule has 1 fully saturated rings. The first-order valence-corrected chi connectivity index (χ1v) is 11.5. The van der Waals surface area contributed by atoms with Gasteiger partial charge in [0.15, 0.2) is 0 Å². The lowest BCUT2D eigenvalue weighted by molar-refractivity contribution is 0.0227. The molecular weight excluding hydrogens is 423 g/mol. The lowest BCUT2D eigenvalue weighted by Crippen LogP contribution is -2.48. The molecule has 0 radical (unpaired) electrons. The van der Waals surface area contributed by atoms with Gasteiger partial charge in [0.2, 0.25) is 0 Å². The van der Waals surface area contributed by atoms with Crippen molar-refractivity contribution in [2.24, 2.45) is 0 Å². The number of amides is 2. The Morgan fingerprint density at radius 1 is 1.24 bits per heavy atom. The molecule has 0 spiro atoms. The standard InChI is InChI=1S/C25H33FN4O3/c1-6-28-23(14-31)27-30(24(28)32)22-12-21-18(11-20(22)26)25(5,33)19(13-29(21)15(2)3)17-10-8-7-9-16(17)4/h7-12,15,19,23,27,31,33H,6,13-14H2,1-5H3. The van der Waals surface area contributed by atoms with E-state index >= 15 is 4.39 Å². The fraction of sp³-hybridized carbons (Fsp3) is 0.480. The number of likely N-dealkylation sites (N-methyl/N-ethyl adjacent to an activating group) is 1. The van der Waals surface area contributed by atoms with Gasteiger partial charge in [-0.25, -0.2) is 19.6 Å². The lowest BCUT2D eigenvalue weighted by Gasteiger charge is -2.47. The molecule has 8 heteroatoms. The summed E-state index contributed by atoms with van der Waals surface area (Å²) in [6.45, 7) is 10.3. The number of hydrogen-bond donors (Lipinski definition) is 3. The first-order valence-electron chi connectivity index (χ1n) is 11.5. The third-order valence-electron chi connectivity index (χ3n) is 7.01. The summed E-state index contributed by atoms with van der Waals surface area (Å²) in [5.74, 6) is -0.863. The molecule has 33 heavy (non-hydrogen) atoms. The maximum atomic E-state index is 15.5. The number of anilines is 2. The minimum absolute atomic E-state index is 0.0731. The normalized spacial score (nSPS) is 25.2. The number of rotatable bonds is 5. The number of halogens is 1. The van der Waals surface area contributed by atoms with Crippen molar-refractivity contribution in [1.82, 2.24) is 10.3 Å². The SMILES string of the molecule is CCN1C(=O)N(c2cc3c(cc2F)C(C)(O)C(c2ccccc2C)CN3C(C)C)NC1CO. The molecule has 7 nitrogen and oxygen atoms in total. The Labute approximate surface area is 194 Å². The van der Waals surface area contributed by atoms with Crippen LogP contribution in [0.1, 0.15) is 50.3 Å². The van der Waals surface area contributed by atoms with E-state index in [1.165, 1.54) is 11.0 Å². The summed E-state index contributed by atoms with van der Waals surface area (Å²) in [4.78, 5) is 16.5. The molecule has 2 heterocycles. The molecule has 0 bridgehead atoms. The van der Waals surface area contributed by atoms with E-state index in [0.29, 0.717) is 24.3 Å². The molecule has 3 N–H and O–H groups in total. The van der Waals surface area contributed by atoms with Crippen molar-refractivity contribution in [3.8, 4) is 0 Å². The number of aliphatic hydroxyl groups excluding tert-OH is 1. The predicted octanol–water partition coefficient (Wildman–Crippen LogP) is 3.44. The summed E-state index contributed by atoms with van der Waals surface area (Å²) < 4.78 is 15.5. The van der Waals surface area contributed by atoms with Crippen LogP contribution >= 0.6 is 0 Å². The highest BCUT2D eigenvalue weighted by Gasteiger charge is 2.45. The second-order valence-corrected chi connectivity index (χ2v) is 9.36. The van der Waals surface area contributed by atoms with E-state index in [0.717, 1.165) is 16.1 Å². The third kappa shape index (κ3) is 3.76. The first kappa shape index (κ1) is 23.5. The van der Waals surface area contributed by atoms with Crippen LogP contribution < -0.4 is 15.3 Å². The van der Waals surface area contributed by atoms with Crippen LogP contribution in [0.3, 0.4) is 0 Å². The molecule has 0 aromatic heterocycles. The van der Waals surface area contributed by atoms with Crippen molar-refractivity contribution >= 4 is 17.4 Å². The van der Waals surface area contributed by atoms with E-state index in [2.05, 4.69) is 24.2 Å². The Hall–Kier alpha value is -2.68. The lowest BCUT2D eigenvalue weighted by atomic mass is 9.73. The van der Waals surface area contributed by atoms with Crippen molar-refractivity contribution in [2.75, 3.05) is 29.6 Å². The number of aryl methyl sites for hydroxylation is 1. The van der Waals surface area contributed by atoms with Crippen LogP contribution in [-0.2, 0) is 5.60 Å². The predicted molar refractivity (Wildman–Crippen MR) is 127 cm³/mol. The summed E-state index contributed by atoms with van der Waals surface area (Å²) in [6, 6.07) is 10.6. The quantitative estimate of drug-likeness (QED) is 0.643. The molecule has 2 aromatic carbocycles. The summed E-state index contributed by atoms with van der Waals surface area (Å²) in [5.41, 5.74) is 4.97. The van der Waals surface area contributed by atoms with E-state index in [1.54, 1.807) is 19.9 Å². The highest BCUT2D eigenvalue weighted by atomic mass is 19.1. The molecule has 4 rings (SSSR count). The van der Waals surface area contributed by atoms with E-state index in [9.17, 15) is 15.0 Å².